The van der Waals surface area contributed by atoms with Crippen molar-refractivity contribution in [2.75, 3.05) is 12.0 Å². The quantitative estimate of drug-likeness (QED) is 0.776. The lowest BCUT2D eigenvalue weighted by molar-refractivity contribution is 0.745. The topological polar surface area (TPSA) is 38.9 Å². The highest BCUT2D eigenvalue weighted by molar-refractivity contribution is 7.98. The lowest BCUT2D eigenvalue weighted by Gasteiger charge is -2.05. The van der Waals surface area contributed by atoms with Gasteiger partial charge in [0, 0.05) is 29.8 Å². The van der Waals surface area contributed by atoms with Gasteiger partial charge in [0.1, 0.15) is 0 Å². The number of hydrogen-bond donors (Lipinski definition) is 1. The molecule has 11 heavy (non-hydrogen) atoms. The zero-order valence-corrected chi connectivity index (χ0v) is 8.12. The number of nitrogens with zero attached hydrogens (tertiary/aromatic N) is 1. The second kappa shape index (κ2) is 4.74. The van der Waals surface area contributed by atoms with E-state index in [2.05, 4.69) is 11.2 Å². The molecule has 0 aromatic carbocycles. The minimum absolute atomic E-state index is 0.260. The number of hydrogen-bond acceptors (Lipinski definition) is 4. The fraction of sp³-hybridized carbons (Fsp3) is 0.571. The van der Waals surface area contributed by atoms with Crippen LogP contribution in [0.4, 0.5) is 0 Å². The first-order valence-electron chi connectivity index (χ1n) is 3.46. The van der Waals surface area contributed by atoms with Crippen molar-refractivity contribution < 1.29 is 0 Å². The van der Waals surface area contributed by atoms with Gasteiger partial charge < -0.3 is 5.73 Å². The van der Waals surface area contributed by atoms with Crippen molar-refractivity contribution in [3.05, 3.63) is 16.6 Å². The molecule has 0 radical (unpaired) electrons. The van der Waals surface area contributed by atoms with Crippen molar-refractivity contribution >= 4 is 23.1 Å². The molecular formula is C7H12N2S2. The predicted molar refractivity (Wildman–Crippen MR) is 52.2 cm³/mol. The van der Waals surface area contributed by atoms with Crippen LogP contribution in [0.5, 0.6) is 0 Å². The fourth-order valence-electron chi connectivity index (χ4n) is 0.851. The first kappa shape index (κ1) is 9.03. The Morgan fingerprint density at radius 2 is 2.64 bits per heavy atom. The Labute approximate surface area is 75.2 Å². The number of thioether (sulfide) groups is 1. The minimum atomic E-state index is 0.260. The monoisotopic (exact) mass is 188 g/mol. The Bertz CT molecular complexity index is 186. The molecule has 0 fully saturated rings. The van der Waals surface area contributed by atoms with E-state index < -0.39 is 0 Å². The molecular weight excluding hydrogens is 176 g/mol. The van der Waals surface area contributed by atoms with Crippen LogP contribution >= 0.6 is 23.1 Å². The molecule has 1 rings (SSSR count). The van der Waals surface area contributed by atoms with E-state index in [4.69, 9.17) is 5.73 Å². The van der Waals surface area contributed by atoms with Gasteiger partial charge in [-0.2, -0.15) is 11.8 Å². The van der Waals surface area contributed by atoms with Crippen LogP contribution in [-0.4, -0.2) is 23.0 Å². The predicted octanol–water partition coefficient (Wildman–Crippen LogP) is 1.38. The Morgan fingerprint density at radius 1 is 1.82 bits per heavy atom. The highest BCUT2D eigenvalue weighted by Crippen LogP contribution is 2.08. The summed E-state index contributed by atoms with van der Waals surface area (Å²) in [5.74, 6) is 1.01. The summed E-state index contributed by atoms with van der Waals surface area (Å²) in [5, 5.41) is 3.13. The van der Waals surface area contributed by atoms with Crippen LogP contribution in [0.3, 0.4) is 0 Å². The van der Waals surface area contributed by atoms with Crippen LogP contribution in [0.2, 0.25) is 0 Å². The molecule has 0 bridgehead atoms. The van der Waals surface area contributed by atoms with Crippen LogP contribution in [0.1, 0.15) is 5.01 Å². The molecule has 4 heteroatoms. The largest absolute Gasteiger partial charge is 0.327 e. The van der Waals surface area contributed by atoms with Crippen molar-refractivity contribution in [2.24, 2.45) is 5.73 Å². The Hall–Kier alpha value is -0.0600. The zero-order chi connectivity index (χ0) is 8.10. The normalized spacial score (nSPS) is 13.3. The second-order valence-corrected chi connectivity index (χ2v) is 4.24. The zero-order valence-electron chi connectivity index (χ0n) is 6.49. The third-order valence-electron chi connectivity index (χ3n) is 1.30. The van der Waals surface area contributed by atoms with Gasteiger partial charge in [0.05, 0.1) is 5.01 Å². The van der Waals surface area contributed by atoms with E-state index in [1.54, 1.807) is 23.1 Å². The summed E-state index contributed by atoms with van der Waals surface area (Å²) in [5.41, 5.74) is 5.82. The molecule has 2 nitrogen and oxygen atoms in total. The molecule has 0 aliphatic carbocycles. The maximum absolute atomic E-state index is 5.82. The Morgan fingerprint density at radius 3 is 3.18 bits per heavy atom. The maximum atomic E-state index is 5.82. The van der Waals surface area contributed by atoms with Crippen LogP contribution in [0.15, 0.2) is 11.6 Å². The van der Waals surface area contributed by atoms with E-state index in [1.807, 2.05) is 11.6 Å². The van der Waals surface area contributed by atoms with E-state index in [9.17, 15) is 0 Å². The summed E-state index contributed by atoms with van der Waals surface area (Å²) in [6, 6.07) is 0.260. The van der Waals surface area contributed by atoms with Gasteiger partial charge in [-0.1, -0.05) is 0 Å². The molecule has 1 unspecified atom stereocenters. The summed E-state index contributed by atoms with van der Waals surface area (Å²) < 4.78 is 0. The molecule has 0 saturated heterocycles. The van der Waals surface area contributed by atoms with Crippen LogP contribution < -0.4 is 5.73 Å². The average Bonchev–Trinajstić information content (AvgIpc) is 2.40. The van der Waals surface area contributed by atoms with Crippen molar-refractivity contribution in [1.29, 1.82) is 0 Å². The molecule has 1 heterocycles. The van der Waals surface area contributed by atoms with Crippen molar-refractivity contribution in [3.8, 4) is 0 Å². The molecule has 0 spiro atoms. The molecule has 62 valence electrons. The molecule has 1 aromatic heterocycles. The lowest BCUT2D eigenvalue weighted by Crippen LogP contribution is -2.25. The SMILES string of the molecule is CSCC(N)Cc1nccs1. The van der Waals surface area contributed by atoms with E-state index in [1.165, 1.54) is 0 Å². The van der Waals surface area contributed by atoms with E-state index in [0.29, 0.717) is 0 Å². The van der Waals surface area contributed by atoms with Crippen LogP contribution in [0, 0.1) is 0 Å². The van der Waals surface area contributed by atoms with Gasteiger partial charge in [0.25, 0.3) is 0 Å². The van der Waals surface area contributed by atoms with E-state index in [-0.39, 0.29) is 6.04 Å². The van der Waals surface area contributed by atoms with Crippen LogP contribution in [0.25, 0.3) is 0 Å². The first-order chi connectivity index (χ1) is 5.33. The summed E-state index contributed by atoms with van der Waals surface area (Å²) in [6.07, 6.45) is 4.81. The van der Waals surface area contributed by atoms with Gasteiger partial charge in [-0.3, -0.25) is 0 Å². The van der Waals surface area contributed by atoms with Crippen molar-refractivity contribution in [1.82, 2.24) is 4.98 Å². The lowest BCUT2D eigenvalue weighted by atomic mass is 10.3. The summed E-state index contributed by atoms with van der Waals surface area (Å²) in [6.45, 7) is 0. The highest BCUT2D eigenvalue weighted by Gasteiger charge is 2.03. The number of rotatable bonds is 4. The summed E-state index contributed by atoms with van der Waals surface area (Å²) in [4.78, 5) is 4.17. The van der Waals surface area contributed by atoms with E-state index >= 15 is 0 Å². The molecule has 0 amide bonds. The van der Waals surface area contributed by atoms with Crippen molar-refractivity contribution in [3.63, 3.8) is 0 Å². The van der Waals surface area contributed by atoms with Gasteiger partial charge in [-0.15, -0.1) is 11.3 Å². The average molecular weight is 188 g/mol. The number of thiazole rings is 1. The standard InChI is InChI=1S/C7H12N2S2/c1-10-5-6(8)4-7-9-2-3-11-7/h2-3,6H,4-5,8H2,1H3. The third kappa shape index (κ3) is 3.22. The fourth-order valence-corrected chi connectivity index (χ4v) is 2.11. The maximum Gasteiger partial charge on any atom is 0.0940 e. The third-order valence-corrected chi connectivity index (χ3v) is 2.86. The molecule has 0 aliphatic rings. The van der Waals surface area contributed by atoms with Gasteiger partial charge in [0.2, 0.25) is 0 Å². The van der Waals surface area contributed by atoms with Gasteiger partial charge in [-0.25, -0.2) is 4.98 Å². The first-order valence-corrected chi connectivity index (χ1v) is 5.73. The summed E-state index contributed by atoms with van der Waals surface area (Å²) >= 11 is 3.46. The van der Waals surface area contributed by atoms with Gasteiger partial charge in [-0.05, 0) is 6.26 Å². The van der Waals surface area contributed by atoms with Gasteiger partial charge >= 0.3 is 0 Å². The molecule has 0 aliphatic heterocycles. The van der Waals surface area contributed by atoms with E-state index in [0.717, 1.165) is 17.2 Å². The molecule has 1 atom stereocenters. The number of nitrogens with two attached hydrogens (primary N) is 1. The Kier molecular flexibility index (Phi) is 3.90. The second-order valence-electron chi connectivity index (χ2n) is 2.35. The highest BCUT2D eigenvalue weighted by atomic mass is 32.2. The van der Waals surface area contributed by atoms with Gasteiger partial charge in [0.15, 0.2) is 0 Å². The summed E-state index contributed by atoms with van der Waals surface area (Å²) in [7, 11) is 0. The Balaban J connectivity index is 2.31. The van der Waals surface area contributed by atoms with Crippen molar-refractivity contribution in [2.45, 2.75) is 12.5 Å². The van der Waals surface area contributed by atoms with Crippen LogP contribution in [-0.2, 0) is 6.42 Å². The molecule has 1 aromatic rings. The molecule has 0 saturated carbocycles. The minimum Gasteiger partial charge on any atom is -0.327 e. The number of aromatic nitrogens is 1. The molecule has 2 N–H and O–H groups in total. The smallest absolute Gasteiger partial charge is 0.0940 e.